The number of nitrogen functional groups attached to an aromatic ring is 1. The van der Waals surface area contributed by atoms with Crippen molar-refractivity contribution in [3.05, 3.63) is 48.0 Å². The highest BCUT2D eigenvalue weighted by molar-refractivity contribution is 6.09. The fourth-order valence-corrected chi connectivity index (χ4v) is 4.44. The Balaban J connectivity index is 1.73. The van der Waals surface area contributed by atoms with Crippen molar-refractivity contribution in [3.63, 3.8) is 0 Å². The van der Waals surface area contributed by atoms with Gasteiger partial charge in [-0.1, -0.05) is 18.6 Å². The number of nitrogens with zero attached hydrogens (tertiary/aromatic N) is 3. The monoisotopic (exact) mass is 446 g/mol. The minimum Gasteiger partial charge on any atom is -0.497 e. The molecule has 0 unspecified atom stereocenters. The normalized spacial score (nSPS) is 14.5. The summed E-state index contributed by atoms with van der Waals surface area (Å²) in [6.45, 7) is 0. The van der Waals surface area contributed by atoms with Gasteiger partial charge in [-0.05, 0) is 37.8 Å². The second kappa shape index (κ2) is 8.61. The molecule has 1 aliphatic rings. The number of carbonyl (C=O) groups excluding carboxylic acids is 1. The van der Waals surface area contributed by atoms with Crippen LogP contribution in [0.5, 0.6) is 11.5 Å². The maximum Gasteiger partial charge on any atom is 0.344 e. The van der Waals surface area contributed by atoms with E-state index in [1.807, 2.05) is 36.4 Å². The summed E-state index contributed by atoms with van der Waals surface area (Å²) in [5.41, 5.74) is 9.74. The number of nitrogens with two attached hydrogens (primary N) is 1. The van der Waals surface area contributed by atoms with Crippen molar-refractivity contribution in [3.8, 4) is 17.2 Å². The predicted molar refractivity (Wildman–Crippen MR) is 126 cm³/mol. The average Bonchev–Trinajstić information content (AvgIpc) is 3.13. The highest BCUT2D eigenvalue weighted by atomic mass is 16.5. The third-order valence-electron chi connectivity index (χ3n) is 6.12. The van der Waals surface area contributed by atoms with Crippen LogP contribution >= 0.6 is 0 Å². The third kappa shape index (κ3) is 3.82. The molecule has 4 aromatic rings. The predicted octanol–water partition coefficient (Wildman–Crippen LogP) is 4.66. The molecule has 33 heavy (non-hydrogen) atoms. The van der Waals surface area contributed by atoms with Crippen LogP contribution < -0.4 is 15.2 Å². The number of ether oxygens (including phenoxy) is 3. The van der Waals surface area contributed by atoms with Gasteiger partial charge in [-0.15, -0.1) is 0 Å². The van der Waals surface area contributed by atoms with Crippen molar-refractivity contribution in [2.24, 2.45) is 0 Å². The van der Waals surface area contributed by atoms with Crippen LogP contribution in [0, 0.1) is 0 Å². The summed E-state index contributed by atoms with van der Waals surface area (Å²) in [6.07, 6.45) is 4.92. The first-order chi connectivity index (χ1) is 16.1. The molecule has 8 nitrogen and oxygen atoms in total. The zero-order valence-corrected chi connectivity index (χ0v) is 18.7. The van der Waals surface area contributed by atoms with E-state index in [9.17, 15) is 4.79 Å². The number of rotatable bonds is 5. The number of aromatic nitrogens is 3. The molecule has 1 fully saturated rings. The van der Waals surface area contributed by atoms with Crippen LogP contribution in [0.1, 0.15) is 42.5 Å². The Kier molecular flexibility index (Phi) is 5.50. The largest absolute Gasteiger partial charge is 0.497 e. The number of hydrogen-bond donors (Lipinski definition) is 1. The molecule has 2 heterocycles. The number of anilines is 1. The van der Waals surface area contributed by atoms with Crippen LogP contribution in [0.3, 0.4) is 0 Å². The molecular weight excluding hydrogens is 420 g/mol. The number of carbonyl (C=O) groups is 1. The van der Waals surface area contributed by atoms with Crippen molar-refractivity contribution < 1.29 is 19.0 Å². The fraction of sp³-hybridized carbons (Fsp3) is 0.320. The van der Waals surface area contributed by atoms with Crippen LogP contribution in [0.25, 0.3) is 27.9 Å². The molecule has 2 N–H and O–H groups in total. The second-order valence-electron chi connectivity index (χ2n) is 8.22. The van der Waals surface area contributed by atoms with E-state index in [1.165, 1.54) is 6.42 Å². The lowest BCUT2D eigenvalue weighted by atomic mass is 9.98. The Hall–Kier alpha value is -3.81. The molecule has 170 valence electrons. The van der Waals surface area contributed by atoms with Gasteiger partial charge < -0.3 is 19.9 Å². The summed E-state index contributed by atoms with van der Waals surface area (Å²) >= 11 is 0. The summed E-state index contributed by atoms with van der Waals surface area (Å²) in [4.78, 5) is 22.9. The first-order valence-electron chi connectivity index (χ1n) is 11.1. The van der Waals surface area contributed by atoms with Crippen molar-refractivity contribution in [2.45, 2.75) is 38.2 Å². The molecule has 1 saturated carbocycles. The van der Waals surface area contributed by atoms with E-state index in [0.717, 1.165) is 25.7 Å². The molecule has 0 spiro atoms. The van der Waals surface area contributed by atoms with E-state index >= 15 is 0 Å². The minimum atomic E-state index is -0.470. The number of fused-ring (bicyclic) bond motifs is 2. The number of esters is 1. The number of benzene rings is 2. The molecule has 8 heteroatoms. The van der Waals surface area contributed by atoms with E-state index in [4.69, 9.17) is 29.9 Å². The standard InChI is InChI=1S/C25H26N4O4/c1-31-17-12-15(13-18(14-17)32-2)29-23(26)21(25(30)33-16-8-4-3-5-9-16)22-24(29)28-20-11-7-6-10-19(20)27-22/h6-7,10-14,16H,3-5,8-9,26H2,1-2H3. The van der Waals surface area contributed by atoms with E-state index in [0.29, 0.717) is 39.4 Å². The Morgan fingerprint density at radius 2 is 1.61 bits per heavy atom. The number of methoxy groups -OCH3 is 2. The van der Waals surface area contributed by atoms with E-state index < -0.39 is 5.97 Å². The van der Waals surface area contributed by atoms with Gasteiger partial charge in [0.2, 0.25) is 0 Å². The lowest BCUT2D eigenvalue weighted by Gasteiger charge is -2.21. The highest BCUT2D eigenvalue weighted by Crippen LogP contribution is 2.35. The SMILES string of the molecule is COc1cc(OC)cc(-n2c(N)c(C(=O)OC3CCCCC3)c3nc4ccccc4nc32)c1. The van der Waals surface area contributed by atoms with Crippen molar-refractivity contribution in [1.82, 2.24) is 14.5 Å². The lowest BCUT2D eigenvalue weighted by Crippen LogP contribution is -2.21. The summed E-state index contributed by atoms with van der Waals surface area (Å²) < 4.78 is 18.4. The Morgan fingerprint density at radius 1 is 0.970 bits per heavy atom. The quantitative estimate of drug-likeness (QED) is 0.445. The van der Waals surface area contributed by atoms with Crippen LogP contribution in [-0.2, 0) is 4.74 Å². The molecule has 1 aliphatic carbocycles. The Morgan fingerprint density at radius 3 is 2.24 bits per heavy atom. The fourth-order valence-electron chi connectivity index (χ4n) is 4.44. The maximum absolute atomic E-state index is 13.3. The first-order valence-corrected chi connectivity index (χ1v) is 11.1. The Bertz CT molecular complexity index is 1320. The van der Waals surface area contributed by atoms with Gasteiger partial charge in [0.25, 0.3) is 0 Å². The molecule has 5 rings (SSSR count). The zero-order chi connectivity index (χ0) is 22.9. The van der Waals surface area contributed by atoms with Crippen LogP contribution in [0.15, 0.2) is 42.5 Å². The smallest absolute Gasteiger partial charge is 0.344 e. The van der Waals surface area contributed by atoms with Gasteiger partial charge in [-0.25, -0.2) is 14.8 Å². The van der Waals surface area contributed by atoms with Crippen molar-refractivity contribution in [2.75, 3.05) is 20.0 Å². The van der Waals surface area contributed by atoms with Crippen molar-refractivity contribution in [1.29, 1.82) is 0 Å². The summed E-state index contributed by atoms with van der Waals surface area (Å²) in [7, 11) is 3.16. The van der Waals surface area contributed by atoms with Gasteiger partial charge in [0.05, 0.1) is 30.9 Å². The maximum atomic E-state index is 13.3. The summed E-state index contributed by atoms with van der Waals surface area (Å²) in [6, 6.07) is 12.9. The molecular formula is C25H26N4O4. The third-order valence-corrected chi connectivity index (χ3v) is 6.12. The molecule has 0 radical (unpaired) electrons. The molecule has 0 bridgehead atoms. The average molecular weight is 447 g/mol. The summed E-state index contributed by atoms with van der Waals surface area (Å²) in [5.74, 6) is 0.926. The zero-order valence-electron chi connectivity index (χ0n) is 18.7. The minimum absolute atomic E-state index is 0.102. The van der Waals surface area contributed by atoms with Crippen LogP contribution in [0.2, 0.25) is 0 Å². The summed E-state index contributed by atoms with van der Waals surface area (Å²) in [5, 5.41) is 0. The van der Waals surface area contributed by atoms with Gasteiger partial charge in [-0.2, -0.15) is 0 Å². The van der Waals surface area contributed by atoms with Gasteiger partial charge in [0.1, 0.15) is 34.5 Å². The molecule has 0 atom stereocenters. The van der Waals surface area contributed by atoms with Crippen LogP contribution in [0.4, 0.5) is 5.82 Å². The topological polar surface area (TPSA) is 101 Å². The van der Waals surface area contributed by atoms with Crippen LogP contribution in [-0.4, -0.2) is 40.8 Å². The van der Waals surface area contributed by atoms with Gasteiger partial charge in [0.15, 0.2) is 5.65 Å². The van der Waals surface area contributed by atoms with E-state index in [2.05, 4.69) is 0 Å². The van der Waals surface area contributed by atoms with Gasteiger partial charge in [-0.3, -0.25) is 4.57 Å². The van der Waals surface area contributed by atoms with E-state index in [1.54, 1.807) is 24.9 Å². The molecule has 2 aromatic carbocycles. The number of para-hydroxylation sites is 2. The molecule has 0 aliphatic heterocycles. The lowest BCUT2D eigenvalue weighted by molar-refractivity contribution is 0.0214. The van der Waals surface area contributed by atoms with Crippen molar-refractivity contribution >= 4 is 34.0 Å². The second-order valence-corrected chi connectivity index (χ2v) is 8.22. The molecule has 0 amide bonds. The number of hydrogen-bond acceptors (Lipinski definition) is 7. The first kappa shape index (κ1) is 21.1. The van der Waals surface area contributed by atoms with Gasteiger partial charge in [0, 0.05) is 18.2 Å². The molecule has 2 aromatic heterocycles. The molecule has 0 saturated heterocycles. The van der Waals surface area contributed by atoms with Gasteiger partial charge >= 0.3 is 5.97 Å². The Labute approximate surface area is 191 Å². The van der Waals surface area contributed by atoms with E-state index in [-0.39, 0.29) is 17.5 Å². The highest BCUT2D eigenvalue weighted by Gasteiger charge is 2.28.